The lowest BCUT2D eigenvalue weighted by atomic mass is 9.96. The minimum Gasteiger partial charge on any atom is -0.359 e. The van der Waals surface area contributed by atoms with Gasteiger partial charge in [0.2, 0.25) is 0 Å². The van der Waals surface area contributed by atoms with Crippen LogP contribution < -0.4 is 16.2 Å². The number of benzene rings is 2. The molecule has 0 aromatic heterocycles. The molecule has 1 saturated carbocycles. The fourth-order valence-electron chi connectivity index (χ4n) is 3.05. The third kappa shape index (κ3) is 4.23. The molecule has 0 radical (unpaired) electrons. The number of hydrogen-bond donors (Lipinski definition) is 3. The van der Waals surface area contributed by atoms with E-state index in [0.29, 0.717) is 11.2 Å². The molecule has 1 fully saturated rings. The van der Waals surface area contributed by atoms with Crippen molar-refractivity contribution in [2.45, 2.75) is 38.1 Å². The van der Waals surface area contributed by atoms with Gasteiger partial charge in [-0.05, 0) is 47.5 Å². The summed E-state index contributed by atoms with van der Waals surface area (Å²) in [5.74, 6) is 0. The van der Waals surface area contributed by atoms with Crippen molar-refractivity contribution in [3.63, 3.8) is 0 Å². The van der Waals surface area contributed by atoms with Gasteiger partial charge in [0, 0.05) is 6.04 Å². The van der Waals surface area contributed by atoms with Crippen LogP contribution in [0.5, 0.6) is 0 Å². The highest BCUT2D eigenvalue weighted by molar-refractivity contribution is 7.80. The minimum absolute atomic E-state index is 0.500. The molecule has 0 saturated heterocycles. The van der Waals surface area contributed by atoms with E-state index in [1.165, 1.54) is 42.9 Å². The zero-order valence-electron chi connectivity index (χ0n) is 13.3. The Morgan fingerprint density at radius 3 is 2.48 bits per heavy atom. The molecule has 120 valence electrons. The van der Waals surface area contributed by atoms with E-state index in [-0.39, 0.29) is 0 Å². The number of rotatable bonds is 4. The third-order valence-electron chi connectivity index (χ3n) is 4.37. The molecule has 0 unspecified atom stereocenters. The molecular formula is C19H23N3S. The van der Waals surface area contributed by atoms with Crippen molar-refractivity contribution in [1.29, 1.82) is 0 Å². The average Bonchev–Trinajstić information content (AvgIpc) is 2.60. The van der Waals surface area contributed by atoms with Crippen LogP contribution in [0.2, 0.25) is 0 Å². The van der Waals surface area contributed by atoms with E-state index >= 15 is 0 Å². The molecule has 1 aliphatic carbocycles. The fourth-order valence-corrected chi connectivity index (χ4v) is 3.27. The molecule has 0 heterocycles. The number of thiocarbonyl (C=S) groups is 1. The molecule has 3 N–H and O–H groups in total. The van der Waals surface area contributed by atoms with E-state index in [0.717, 1.165) is 11.3 Å². The second-order valence-corrected chi connectivity index (χ2v) is 6.51. The number of fused-ring (bicyclic) bond motifs is 1. The standard InChI is InChI=1S/C19H23N3S/c1-14(16-12-11-15-7-5-6-8-17(15)13-16)21-22-19(23)20-18-9-3-2-4-10-18/h5-8,11-13,18,21H,1-4,9-10H2,(H2,20,22,23). The molecule has 23 heavy (non-hydrogen) atoms. The van der Waals surface area contributed by atoms with Crippen LogP contribution in [-0.4, -0.2) is 11.2 Å². The number of hydrogen-bond acceptors (Lipinski definition) is 2. The quantitative estimate of drug-likeness (QED) is 0.584. The van der Waals surface area contributed by atoms with Crippen LogP contribution in [0.4, 0.5) is 0 Å². The molecule has 0 amide bonds. The second kappa shape index (κ2) is 7.47. The first-order valence-electron chi connectivity index (χ1n) is 8.23. The molecule has 0 bridgehead atoms. The van der Waals surface area contributed by atoms with Gasteiger partial charge in [0.15, 0.2) is 5.11 Å². The highest BCUT2D eigenvalue weighted by Gasteiger charge is 2.13. The lowest BCUT2D eigenvalue weighted by Crippen LogP contribution is -2.47. The molecule has 3 nitrogen and oxygen atoms in total. The Kier molecular flexibility index (Phi) is 5.13. The van der Waals surface area contributed by atoms with Crippen molar-refractivity contribution in [1.82, 2.24) is 16.2 Å². The minimum atomic E-state index is 0.500. The molecule has 0 atom stereocenters. The van der Waals surface area contributed by atoms with Crippen molar-refractivity contribution < 1.29 is 0 Å². The predicted molar refractivity (Wildman–Crippen MR) is 102 cm³/mol. The molecule has 0 aliphatic heterocycles. The Morgan fingerprint density at radius 1 is 0.957 bits per heavy atom. The third-order valence-corrected chi connectivity index (χ3v) is 4.59. The predicted octanol–water partition coefficient (Wildman–Crippen LogP) is 4.11. The van der Waals surface area contributed by atoms with Crippen LogP contribution in [0.25, 0.3) is 16.5 Å². The Bertz CT molecular complexity index is 705. The van der Waals surface area contributed by atoms with Crippen LogP contribution in [-0.2, 0) is 0 Å². The summed E-state index contributed by atoms with van der Waals surface area (Å²) in [4.78, 5) is 0. The van der Waals surface area contributed by atoms with Gasteiger partial charge in [-0.2, -0.15) is 0 Å². The largest absolute Gasteiger partial charge is 0.359 e. The zero-order valence-corrected chi connectivity index (χ0v) is 14.1. The highest BCUT2D eigenvalue weighted by Crippen LogP contribution is 2.19. The highest BCUT2D eigenvalue weighted by atomic mass is 32.1. The lowest BCUT2D eigenvalue weighted by Gasteiger charge is -2.24. The second-order valence-electron chi connectivity index (χ2n) is 6.10. The SMILES string of the molecule is C=C(NNC(=S)NC1CCCCC1)c1ccc2ccccc2c1. The Hall–Kier alpha value is -2.07. The molecule has 1 aliphatic rings. The summed E-state index contributed by atoms with van der Waals surface area (Å²) in [7, 11) is 0. The average molecular weight is 325 g/mol. The van der Waals surface area contributed by atoms with Gasteiger partial charge in [-0.1, -0.05) is 62.2 Å². The zero-order chi connectivity index (χ0) is 16.1. The van der Waals surface area contributed by atoms with Crippen LogP contribution in [0.15, 0.2) is 49.0 Å². The number of hydrazine groups is 1. The van der Waals surface area contributed by atoms with Crippen LogP contribution >= 0.6 is 12.2 Å². The van der Waals surface area contributed by atoms with Crippen LogP contribution in [0, 0.1) is 0 Å². The lowest BCUT2D eigenvalue weighted by molar-refractivity contribution is 0.411. The topological polar surface area (TPSA) is 36.1 Å². The summed E-state index contributed by atoms with van der Waals surface area (Å²) in [6.07, 6.45) is 6.32. The number of nitrogens with one attached hydrogen (secondary N) is 3. The normalized spacial score (nSPS) is 15.1. The summed E-state index contributed by atoms with van der Waals surface area (Å²) < 4.78 is 0. The Morgan fingerprint density at radius 2 is 1.70 bits per heavy atom. The molecule has 4 heteroatoms. The first-order chi connectivity index (χ1) is 11.2. The van der Waals surface area contributed by atoms with Crippen molar-refractivity contribution in [3.8, 4) is 0 Å². The van der Waals surface area contributed by atoms with E-state index in [9.17, 15) is 0 Å². The van der Waals surface area contributed by atoms with Crippen molar-refractivity contribution in [2.75, 3.05) is 0 Å². The smallest absolute Gasteiger partial charge is 0.185 e. The maximum absolute atomic E-state index is 5.35. The summed E-state index contributed by atoms with van der Waals surface area (Å²) >= 11 is 5.35. The molecular weight excluding hydrogens is 302 g/mol. The first kappa shape index (κ1) is 15.8. The molecule has 0 spiro atoms. The van der Waals surface area contributed by atoms with Gasteiger partial charge in [-0.25, -0.2) is 0 Å². The van der Waals surface area contributed by atoms with E-state index in [2.05, 4.69) is 53.1 Å². The molecule has 3 rings (SSSR count). The van der Waals surface area contributed by atoms with Gasteiger partial charge in [-0.15, -0.1) is 0 Å². The monoisotopic (exact) mass is 325 g/mol. The van der Waals surface area contributed by atoms with Crippen LogP contribution in [0.1, 0.15) is 37.7 Å². The summed E-state index contributed by atoms with van der Waals surface area (Å²) in [6.45, 7) is 4.09. The van der Waals surface area contributed by atoms with Gasteiger partial charge in [0.1, 0.15) is 0 Å². The summed E-state index contributed by atoms with van der Waals surface area (Å²) in [5.41, 5.74) is 8.01. The van der Waals surface area contributed by atoms with E-state index in [1.54, 1.807) is 0 Å². The van der Waals surface area contributed by atoms with Gasteiger partial charge in [0.05, 0.1) is 5.70 Å². The summed E-state index contributed by atoms with van der Waals surface area (Å²) in [6, 6.07) is 15.1. The first-order valence-corrected chi connectivity index (χ1v) is 8.64. The van der Waals surface area contributed by atoms with Gasteiger partial charge < -0.3 is 5.32 Å². The van der Waals surface area contributed by atoms with Crippen LogP contribution in [0.3, 0.4) is 0 Å². The Balaban J connectivity index is 1.54. The van der Waals surface area contributed by atoms with E-state index in [1.807, 2.05) is 12.1 Å². The molecule has 2 aromatic carbocycles. The maximum Gasteiger partial charge on any atom is 0.185 e. The molecule has 2 aromatic rings. The summed E-state index contributed by atoms with van der Waals surface area (Å²) in [5, 5.41) is 6.44. The Labute approximate surface area is 143 Å². The van der Waals surface area contributed by atoms with Gasteiger partial charge >= 0.3 is 0 Å². The van der Waals surface area contributed by atoms with Gasteiger partial charge in [-0.3, -0.25) is 10.9 Å². The van der Waals surface area contributed by atoms with Gasteiger partial charge in [0.25, 0.3) is 0 Å². The van der Waals surface area contributed by atoms with E-state index in [4.69, 9.17) is 12.2 Å². The van der Waals surface area contributed by atoms with Crippen molar-refractivity contribution >= 4 is 33.8 Å². The fraction of sp³-hybridized carbons (Fsp3) is 0.316. The van der Waals surface area contributed by atoms with Crippen molar-refractivity contribution in [3.05, 3.63) is 54.6 Å². The van der Waals surface area contributed by atoms with E-state index < -0.39 is 0 Å². The van der Waals surface area contributed by atoms with Crippen molar-refractivity contribution in [2.24, 2.45) is 0 Å². The maximum atomic E-state index is 5.35.